The van der Waals surface area contributed by atoms with Crippen LogP contribution >= 0.6 is 0 Å². The average Bonchev–Trinajstić information content (AvgIpc) is 2.30. The Morgan fingerprint density at radius 1 is 1.19 bits per heavy atom. The van der Waals surface area contributed by atoms with Gasteiger partial charge in [-0.1, -0.05) is 12.8 Å². The van der Waals surface area contributed by atoms with Crippen molar-refractivity contribution in [1.82, 2.24) is 10.2 Å². The van der Waals surface area contributed by atoms with E-state index in [-0.39, 0.29) is 0 Å². The van der Waals surface area contributed by atoms with Crippen LogP contribution in [0.2, 0.25) is 0 Å². The number of rotatable bonds is 2. The molecule has 2 aliphatic rings. The summed E-state index contributed by atoms with van der Waals surface area (Å²) >= 11 is 0. The van der Waals surface area contributed by atoms with Crippen LogP contribution in [0.3, 0.4) is 0 Å². The fourth-order valence-electron chi connectivity index (χ4n) is 3.62. The molecule has 0 radical (unpaired) electrons. The van der Waals surface area contributed by atoms with E-state index in [0.717, 1.165) is 6.04 Å². The molecule has 2 aliphatic heterocycles. The van der Waals surface area contributed by atoms with Crippen LogP contribution in [0.1, 0.15) is 59.3 Å². The highest BCUT2D eigenvalue weighted by Gasteiger charge is 2.40. The molecular formula is C14H28N2. The van der Waals surface area contributed by atoms with Crippen molar-refractivity contribution in [1.29, 1.82) is 0 Å². The van der Waals surface area contributed by atoms with Gasteiger partial charge in [0, 0.05) is 17.6 Å². The van der Waals surface area contributed by atoms with Gasteiger partial charge < -0.3 is 5.32 Å². The molecule has 2 rings (SSSR count). The topological polar surface area (TPSA) is 15.3 Å². The summed E-state index contributed by atoms with van der Waals surface area (Å²) in [4.78, 5) is 2.74. The van der Waals surface area contributed by atoms with Crippen LogP contribution in [0.25, 0.3) is 0 Å². The van der Waals surface area contributed by atoms with Gasteiger partial charge in [-0.05, 0) is 59.5 Å². The molecule has 0 saturated carbocycles. The van der Waals surface area contributed by atoms with E-state index < -0.39 is 0 Å². The van der Waals surface area contributed by atoms with Gasteiger partial charge in [0.25, 0.3) is 0 Å². The monoisotopic (exact) mass is 224 g/mol. The molecule has 2 atom stereocenters. The highest BCUT2D eigenvalue weighted by atomic mass is 15.2. The Hall–Kier alpha value is -0.0800. The minimum absolute atomic E-state index is 0.378. The van der Waals surface area contributed by atoms with E-state index in [0.29, 0.717) is 11.6 Å². The zero-order valence-corrected chi connectivity index (χ0v) is 11.3. The van der Waals surface area contributed by atoms with Crippen LogP contribution in [-0.4, -0.2) is 35.6 Å². The Morgan fingerprint density at radius 2 is 2.00 bits per heavy atom. The first-order valence-electron chi connectivity index (χ1n) is 7.14. The molecular weight excluding hydrogens is 196 g/mol. The Bertz CT molecular complexity index is 219. The molecule has 16 heavy (non-hydrogen) atoms. The lowest BCUT2D eigenvalue weighted by Gasteiger charge is -2.50. The van der Waals surface area contributed by atoms with Gasteiger partial charge in [-0.25, -0.2) is 0 Å². The zero-order valence-electron chi connectivity index (χ0n) is 11.3. The maximum atomic E-state index is 3.81. The van der Waals surface area contributed by atoms with Crippen LogP contribution in [0, 0.1) is 0 Å². The molecule has 0 bridgehead atoms. The molecule has 0 aromatic rings. The normalized spacial score (nSPS) is 37.9. The molecule has 0 spiro atoms. The van der Waals surface area contributed by atoms with Gasteiger partial charge in [0.05, 0.1) is 0 Å². The van der Waals surface area contributed by atoms with Gasteiger partial charge in [-0.15, -0.1) is 0 Å². The van der Waals surface area contributed by atoms with E-state index in [2.05, 4.69) is 31.0 Å². The molecule has 0 aromatic heterocycles. The van der Waals surface area contributed by atoms with E-state index in [9.17, 15) is 0 Å². The Morgan fingerprint density at radius 3 is 2.62 bits per heavy atom. The summed E-state index contributed by atoms with van der Waals surface area (Å²) < 4.78 is 0. The van der Waals surface area contributed by atoms with E-state index in [4.69, 9.17) is 0 Å². The number of nitrogens with zero attached hydrogens (tertiary/aromatic N) is 1. The van der Waals surface area contributed by atoms with E-state index in [1.807, 2.05) is 0 Å². The Kier molecular flexibility index (Phi) is 3.91. The van der Waals surface area contributed by atoms with Crippen molar-refractivity contribution in [3.05, 3.63) is 0 Å². The largest absolute Gasteiger partial charge is 0.310 e. The van der Waals surface area contributed by atoms with Crippen LogP contribution in [-0.2, 0) is 0 Å². The number of nitrogens with one attached hydrogen (secondary N) is 1. The standard InChI is InChI=1S/C14H28N2/c1-12(2)16-11-7-4-8-13(16)14(3)9-5-6-10-15-14/h12-13,15H,4-11H2,1-3H3. The Labute approximate surface area is 101 Å². The quantitative estimate of drug-likeness (QED) is 0.776. The molecule has 2 nitrogen and oxygen atoms in total. The van der Waals surface area contributed by atoms with Gasteiger partial charge in [0.2, 0.25) is 0 Å². The summed E-state index contributed by atoms with van der Waals surface area (Å²) in [5.74, 6) is 0. The fourth-order valence-corrected chi connectivity index (χ4v) is 3.62. The lowest BCUT2D eigenvalue weighted by molar-refractivity contribution is 0.0327. The maximum absolute atomic E-state index is 3.81. The number of hydrogen-bond donors (Lipinski definition) is 1. The SMILES string of the molecule is CC(C)N1CCCCC1C1(C)CCCCN1. The molecule has 0 aromatic carbocycles. The van der Waals surface area contributed by atoms with Crippen molar-refractivity contribution in [2.24, 2.45) is 0 Å². The Balaban J connectivity index is 2.09. The smallest absolute Gasteiger partial charge is 0.0309 e. The van der Waals surface area contributed by atoms with Gasteiger partial charge in [-0.2, -0.15) is 0 Å². The summed E-state index contributed by atoms with van der Waals surface area (Å²) in [6.45, 7) is 9.69. The average molecular weight is 224 g/mol. The molecule has 2 saturated heterocycles. The maximum Gasteiger partial charge on any atom is 0.0309 e. The molecule has 94 valence electrons. The molecule has 2 unspecified atom stereocenters. The molecule has 2 heterocycles. The first-order chi connectivity index (χ1) is 7.63. The lowest BCUT2D eigenvalue weighted by atomic mass is 9.78. The van der Waals surface area contributed by atoms with Crippen molar-refractivity contribution in [2.75, 3.05) is 13.1 Å². The molecule has 2 fully saturated rings. The summed E-state index contributed by atoms with van der Waals surface area (Å²) in [7, 11) is 0. The van der Waals surface area contributed by atoms with Crippen molar-refractivity contribution in [2.45, 2.75) is 76.9 Å². The van der Waals surface area contributed by atoms with E-state index in [1.54, 1.807) is 0 Å². The number of piperidine rings is 2. The molecule has 0 aliphatic carbocycles. The van der Waals surface area contributed by atoms with Gasteiger partial charge >= 0.3 is 0 Å². The van der Waals surface area contributed by atoms with Crippen LogP contribution in [0.5, 0.6) is 0 Å². The van der Waals surface area contributed by atoms with Crippen LogP contribution in [0.4, 0.5) is 0 Å². The predicted octanol–water partition coefficient (Wildman–Crippen LogP) is 2.78. The first kappa shape index (κ1) is 12.4. The molecule has 2 heteroatoms. The van der Waals surface area contributed by atoms with Crippen molar-refractivity contribution in [3.8, 4) is 0 Å². The summed E-state index contributed by atoms with van der Waals surface area (Å²) in [6.07, 6.45) is 8.34. The third kappa shape index (κ3) is 2.43. The molecule has 0 amide bonds. The minimum Gasteiger partial charge on any atom is -0.310 e. The molecule has 1 N–H and O–H groups in total. The highest BCUT2D eigenvalue weighted by molar-refractivity contribution is 5.00. The van der Waals surface area contributed by atoms with Crippen LogP contribution < -0.4 is 5.32 Å². The van der Waals surface area contributed by atoms with Crippen LogP contribution in [0.15, 0.2) is 0 Å². The predicted molar refractivity (Wildman–Crippen MR) is 69.7 cm³/mol. The lowest BCUT2D eigenvalue weighted by Crippen LogP contribution is -2.63. The second kappa shape index (κ2) is 5.05. The summed E-state index contributed by atoms with van der Waals surface area (Å²) in [5, 5.41) is 3.81. The summed E-state index contributed by atoms with van der Waals surface area (Å²) in [5.41, 5.74) is 0.378. The van der Waals surface area contributed by atoms with Crippen molar-refractivity contribution in [3.63, 3.8) is 0 Å². The number of likely N-dealkylation sites (tertiary alicyclic amines) is 1. The fraction of sp³-hybridized carbons (Fsp3) is 1.00. The van der Waals surface area contributed by atoms with E-state index >= 15 is 0 Å². The highest BCUT2D eigenvalue weighted by Crippen LogP contribution is 2.32. The van der Waals surface area contributed by atoms with E-state index in [1.165, 1.54) is 51.6 Å². The second-order valence-corrected chi connectivity index (χ2v) is 6.14. The zero-order chi connectivity index (χ0) is 11.6. The summed E-state index contributed by atoms with van der Waals surface area (Å²) in [6, 6.07) is 1.47. The van der Waals surface area contributed by atoms with Gasteiger partial charge in [0.1, 0.15) is 0 Å². The van der Waals surface area contributed by atoms with Gasteiger partial charge in [0.15, 0.2) is 0 Å². The van der Waals surface area contributed by atoms with Crippen molar-refractivity contribution >= 4 is 0 Å². The van der Waals surface area contributed by atoms with Gasteiger partial charge in [-0.3, -0.25) is 4.90 Å². The second-order valence-electron chi connectivity index (χ2n) is 6.14. The minimum atomic E-state index is 0.378. The third-order valence-electron chi connectivity index (χ3n) is 4.59. The first-order valence-corrected chi connectivity index (χ1v) is 7.14. The number of hydrogen-bond acceptors (Lipinski definition) is 2. The third-order valence-corrected chi connectivity index (χ3v) is 4.59. The van der Waals surface area contributed by atoms with Crippen molar-refractivity contribution < 1.29 is 0 Å².